The van der Waals surface area contributed by atoms with Crippen LogP contribution in [0.1, 0.15) is 13.8 Å². The van der Waals surface area contributed by atoms with Gasteiger partial charge in [0.05, 0.1) is 0 Å². The minimum Gasteiger partial charge on any atom is -0.370 e. The van der Waals surface area contributed by atoms with Crippen LogP contribution >= 0.6 is 24.8 Å². The van der Waals surface area contributed by atoms with Gasteiger partial charge in [0.15, 0.2) is 5.96 Å². The zero-order valence-corrected chi connectivity index (χ0v) is 10.3. The summed E-state index contributed by atoms with van der Waals surface area (Å²) in [4.78, 5) is 4.32. The lowest BCUT2D eigenvalue weighted by molar-refractivity contribution is 0.147. The van der Waals surface area contributed by atoms with Crippen molar-refractivity contribution in [3.63, 3.8) is 0 Å². The monoisotopic (exact) mass is 242 g/mol. The van der Waals surface area contributed by atoms with Gasteiger partial charge >= 0.3 is 0 Å². The van der Waals surface area contributed by atoms with Crippen molar-refractivity contribution < 1.29 is 0 Å². The Morgan fingerprint density at radius 2 is 1.57 bits per heavy atom. The first-order valence-electron chi connectivity index (χ1n) is 4.44. The van der Waals surface area contributed by atoms with Crippen molar-refractivity contribution in [3.8, 4) is 0 Å². The quantitative estimate of drug-likeness (QED) is 0.528. The highest BCUT2D eigenvalue weighted by Crippen LogP contribution is 2.04. The van der Waals surface area contributed by atoms with Crippen LogP contribution in [0.4, 0.5) is 0 Å². The van der Waals surface area contributed by atoms with Gasteiger partial charge in [0, 0.05) is 32.2 Å². The second-order valence-corrected chi connectivity index (χ2v) is 3.50. The van der Waals surface area contributed by atoms with Crippen LogP contribution in [0.5, 0.6) is 0 Å². The summed E-state index contributed by atoms with van der Waals surface area (Å²) in [7, 11) is 0. The molecule has 86 valence electrons. The maximum absolute atomic E-state index is 7.25. The van der Waals surface area contributed by atoms with E-state index in [1.54, 1.807) is 0 Å². The van der Waals surface area contributed by atoms with Gasteiger partial charge in [-0.25, -0.2) is 0 Å². The molecule has 0 amide bonds. The number of hydrogen-bond donors (Lipinski definition) is 2. The summed E-state index contributed by atoms with van der Waals surface area (Å²) in [5, 5.41) is 7.25. The fourth-order valence-electron chi connectivity index (χ4n) is 1.48. The molecular weight excluding hydrogens is 223 g/mol. The maximum atomic E-state index is 7.25. The molecule has 3 N–H and O–H groups in total. The molecule has 1 saturated heterocycles. The molecule has 0 spiro atoms. The fraction of sp³-hybridized carbons (Fsp3) is 0.875. The number of piperazine rings is 1. The molecule has 0 bridgehead atoms. The normalized spacial score (nSPS) is 17.2. The lowest BCUT2D eigenvalue weighted by Gasteiger charge is -2.36. The summed E-state index contributed by atoms with van der Waals surface area (Å²) in [6.45, 7) is 8.24. The highest BCUT2D eigenvalue weighted by atomic mass is 35.5. The van der Waals surface area contributed by atoms with E-state index in [0.717, 1.165) is 26.2 Å². The Labute approximate surface area is 98.1 Å². The summed E-state index contributed by atoms with van der Waals surface area (Å²) in [6, 6.07) is 0.610. The van der Waals surface area contributed by atoms with Crippen LogP contribution in [0, 0.1) is 5.41 Å². The average molecular weight is 243 g/mol. The number of nitrogens with two attached hydrogens (primary N) is 1. The molecule has 0 radical (unpaired) electrons. The minimum atomic E-state index is 0. The van der Waals surface area contributed by atoms with E-state index in [0.29, 0.717) is 6.04 Å². The lowest BCUT2D eigenvalue weighted by Crippen LogP contribution is -2.52. The molecule has 14 heavy (non-hydrogen) atoms. The standard InChI is InChI=1S/C8H18N4.2ClH/c1-7(2)11-3-5-12(6-4-11)8(9)10;;/h7H,3-6H2,1-2H3,(H3,9,10);2*1H. The molecule has 1 aliphatic heterocycles. The Morgan fingerprint density at radius 1 is 1.14 bits per heavy atom. The van der Waals surface area contributed by atoms with Gasteiger partial charge in [0.2, 0.25) is 0 Å². The summed E-state index contributed by atoms with van der Waals surface area (Å²) in [6.07, 6.45) is 0. The molecule has 0 unspecified atom stereocenters. The van der Waals surface area contributed by atoms with Crippen LogP contribution in [0.25, 0.3) is 0 Å². The Morgan fingerprint density at radius 3 is 1.86 bits per heavy atom. The molecule has 0 aromatic heterocycles. The van der Waals surface area contributed by atoms with E-state index in [4.69, 9.17) is 11.1 Å². The van der Waals surface area contributed by atoms with Gasteiger partial charge in [-0.3, -0.25) is 10.3 Å². The second-order valence-electron chi connectivity index (χ2n) is 3.50. The first-order valence-corrected chi connectivity index (χ1v) is 4.44. The zero-order chi connectivity index (χ0) is 9.14. The number of halogens is 2. The molecule has 0 aromatic rings. The third-order valence-electron chi connectivity index (χ3n) is 2.39. The van der Waals surface area contributed by atoms with E-state index < -0.39 is 0 Å². The topological polar surface area (TPSA) is 56.4 Å². The Kier molecular flexibility index (Phi) is 8.30. The van der Waals surface area contributed by atoms with Gasteiger partial charge in [0.1, 0.15) is 0 Å². The number of hydrogen-bond acceptors (Lipinski definition) is 2. The molecule has 1 aliphatic rings. The van der Waals surface area contributed by atoms with Gasteiger partial charge < -0.3 is 10.6 Å². The smallest absolute Gasteiger partial charge is 0.188 e. The largest absolute Gasteiger partial charge is 0.370 e. The predicted molar refractivity (Wildman–Crippen MR) is 64.7 cm³/mol. The first kappa shape index (κ1) is 16.2. The van der Waals surface area contributed by atoms with Crippen molar-refractivity contribution in [1.82, 2.24) is 9.80 Å². The predicted octanol–water partition coefficient (Wildman–Crippen LogP) is 0.749. The van der Waals surface area contributed by atoms with Crippen LogP contribution in [0.3, 0.4) is 0 Å². The summed E-state index contributed by atoms with van der Waals surface area (Å²) in [5.74, 6) is 0.207. The summed E-state index contributed by atoms with van der Waals surface area (Å²) < 4.78 is 0. The number of nitrogens with one attached hydrogen (secondary N) is 1. The van der Waals surface area contributed by atoms with E-state index in [2.05, 4.69) is 18.7 Å². The molecule has 0 atom stereocenters. The zero-order valence-electron chi connectivity index (χ0n) is 8.69. The highest BCUT2D eigenvalue weighted by Gasteiger charge is 2.18. The number of rotatable bonds is 1. The van der Waals surface area contributed by atoms with Gasteiger partial charge in [0.25, 0.3) is 0 Å². The second kappa shape index (κ2) is 7.15. The molecule has 6 heteroatoms. The van der Waals surface area contributed by atoms with Crippen molar-refractivity contribution in [3.05, 3.63) is 0 Å². The summed E-state index contributed by atoms with van der Waals surface area (Å²) >= 11 is 0. The van der Waals surface area contributed by atoms with E-state index in [9.17, 15) is 0 Å². The Bertz CT molecular complexity index is 167. The molecule has 0 aliphatic carbocycles. The molecule has 0 aromatic carbocycles. The number of guanidine groups is 1. The molecule has 1 heterocycles. The van der Waals surface area contributed by atoms with Crippen molar-refractivity contribution in [2.45, 2.75) is 19.9 Å². The fourth-order valence-corrected chi connectivity index (χ4v) is 1.48. The van der Waals surface area contributed by atoms with Crippen LogP contribution in [-0.4, -0.2) is 48.0 Å². The average Bonchev–Trinajstić information content (AvgIpc) is 2.04. The Balaban J connectivity index is 0. The van der Waals surface area contributed by atoms with Crippen LogP contribution in [0.15, 0.2) is 0 Å². The van der Waals surface area contributed by atoms with Crippen molar-refractivity contribution in [1.29, 1.82) is 5.41 Å². The van der Waals surface area contributed by atoms with E-state index in [1.165, 1.54) is 0 Å². The molecule has 0 saturated carbocycles. The van der Waals surface area contributed by atoms with Crippen LogP contribution < -0.4 is 5.73 Å². The number of nitrogens with zero attached hydrogens (tertiary/aromatic N) is 2. The Hall–Kier alpha value is -0.190. The van der Waals surface area contributed by atoms with Gasteiger partial charge in [-0.15, -0.1) is 24.8 Å². The van der Waals surface area contributed by atoms with E-state index in [1.807, 2.05) is 4.90 Å². The maximum Gasteiger partial charge on any atom is 0.188 e. The first-order chi connectivity index (χ1) is 5.61. The van der Waals surface area contributed by atoms with Gasteiger partial charge in [-0.2, -0.15) is 0 Å². The third kappa shape index (κ3) is 4.35. The van der Waals surface area contributed by atoms with Gasteiger partial charge in [-0.05, 0) is 13.8 Å². The SMILES string of the molecule is CC(C)N1CCN(C(=N)N)CC1.Cl.Cl. The van der Waals surface area contributed by atoms with Crippen molar-refractivity contribution in [2.75, 3.05) is 26.2 Å². The molecule has 1 rings (SSSR count). The highest BCUT2D eigenvalue weighted by molar-refractivity contribution is 5.85. The third-order valence-corrected chi connectivity index (χ3v) is 2.39. The summed E-state index contributed by atoms with van der Waals surface area (Å²) in [5.41, 5.74) is 5.38. The van der Waals surface area contributed by atoms with Crippen LogP contribution in [0.2, 0.25) is 0 Å². The van der Waals surface area contributed by atoms with E-state index in [-0.39, 0.29) is 30.8 Å². The van der Waals surface area contributed by atoms with Crippen molar-refractivity contribution in [2.24, 2.45) is 5.73 Å². The lowest BCUT2D eigenvalue weighted by atomic mass is 10.2. The van der Waals surface area contributed by atoms with Crippen molar-refractivity contribution >= 4 is 30.8 Å². The molecule has 1 fully saturated rings. The van der Waals surface area contributed by atoms with E-state index >= 15 is 0 Å². The van der Waals surface area contributed by atoms with Crippen LogP contribution in [-0.2, 0) is 0 Å². The molecular formula is C8H20Cl2N4. The minimum absolute atomic E-state index is 0. The molecule has 4 nitrogen and oxygen atoms in total. The van der Waals surface area contributed by atoms with Gasteiger partial charge in [-0.1, -0.05) is 0 Å².